The lowest BCUT2D eigenvalue weighted by Gasteiger charge is -2.22. The summed E-state index contributed by atoms with van der Waals surface area (Å²) in [5.74, 6) is 0.547. The highest BCUT2D eigenvalue weighted by molar-refractivity contribution is 5.78. The van der Waals surface area contributed by atoms with Gasteiger partial charge in [-0.15, -0.1) is 0 Å². The van der Waals surface area contributed by atoms with E-state index in [0.717, 1.165) is 5.69 Å². The van der Waals surface area contributed by atoms with Crippen molar-refractivity contribution in [1.82, 2.24) is 10.1 Å². The van der Waals surface area contributed by atoms with Gasteiger partial charge in [0.25, 0.3) is 0 Å². The van der Waals surface area contributed by atoms with Crippen LogP contribution in [0.5, 0.6) is 0 Å². The van der Waals surface area contributed by atoms with Crippen molar-refractivity contribution in [3.8, 4) is 0 Å². The monoisotopic (exact) mass is 254 g/mol. The van der Waals surface area contributed by atoms with E-state index < -0.39 is 0 Å². The zero-order valence-electron chi connectivity index (χ0n) is 10.5. The first-order valence-corrected chi connectivity index (χ1v) is 6.07. The third-order valence-corrected chi connectivity index (χ3v) is 2.95. The van der Waals surface area contributed by atoms with Crippen LogP contribution in [0.4, 0.5) is 0 Å². The molecule has 1 fully saturated rings. The van der Waals surface area contributed by atoms with Gasteiger partial charge in [-0.2, -0.15) is 0 Å². The van der Waals surface area contributed by atoms with Crippen LogP contribution in [-0.2, 0) is 16.0 Å². The largest absolute Gasteiger partial charge is 0.396 e. The minimum Gasteiger partial charge on any atom is -0.396 e. The number of carbonyl (C=O) groups excluding carboxylic acids is 1. The molecule has 0 spiro atoms. The first-order chi connectivity index (χ1) is 8.69. The Kier molecular flexibility index (Phi) is 4.33. The molecule has 1 N–H and O–H groups in total. The molecule has 1 aliphatic rings. The maximum atomic E-state index is 12.1. The van der Waals surface area contributed by atoms with E-state index in [1.807, 2.05) is 6.92 Å². The lowest BCUT2D eigenvalue weighted by atomic mass is 10.1. The fraction of sp³-hybridized carbons (Fsp3) is 0.667. The summed E-state index contributed by atoms with van der Waals surface area (Å²) in [6.45, 7) is 3.95. The van der Waals surface area contributed by atoms with Crippen LogP contribution >= 0.6 is 0 Å². The molecule has 0 aliphatic carbocycles. The molecule has 0 bridgehead atoms. The molecule has 1 aromatic rings. The van der Waals surface area contributed by atoms with Gasteiger partial charge in [0.05, 0.1) is 25.3 Å². The van der Waals surface area contributed by atoms with E-state index in [-0.39, 0.29) is 24.9 Å². The van der Waals surface area contributed by atoms with Gasteiger partial charge in [-0.25, -0.2) is 0 Å². The highest BCUT2D eigenvalue weighted by atomic mass is 16.5. The molecule has 0 saturated carbocycles. The molecule has 1 aromatic heterocycles. The lowest BCUT2D eigenvalue weighted by Crippen LogP contribution is -2.37. The van der Waals surface area contributed by atoms with Gasteiger partial charge in [0.1, 0.15) is 5.76 Å². The summed E-state index contributed by atoms with van der Waals surface area (Å²) in [5, 5.41) is 12.9. The molecule has 18 heavy (non-hydrogen) atoms. The van der Waals surface area contributed by atoms with E-state index in [1.54, 1.807) is 11.0 Å². The van der Waals surface area contributed by atoms with Crippen molar-refractivity contribution in [1.29, 1.82) is 0 Å². The van der Waals surface area contributed by atoms with Gasteiger partial charge in [0, 0.05) is 31.7 Å². The van der Waals surface area contributed by atoms with Gasteiger partial charge in [0.15, 0.2) is 0 Å². The summed E-state index contributed by atoms with van der Waals surface area (Å²) < 4.78 is 10.4. The van der Waals surface area contributed by atoms with E-state index >= 15 is 0 Å². The fourth-order valence-electron chi connectivity index (χ4n) is 1.98. The summed E-state index contributed by atoms with van der Waals surface area (Å²) in [5.41, 5.74) is 0.769. The van der Waals surface area contributed by atoms with Crippen molar-refractivity contribution in [2.24, 2.45) is 5.92 Å². The minimum atomic E-state index is -0.0184. The molecular weight excluding hydrogens is 236 g/mol. The zero-order valence-corrected chi connectivity index (χ0v) is 10.5. The van der Waals surface area contributed by atoms with Crippen molar-refractivity contribution < 1.29 is 19.2 Å². The molecule has 1 saturated heterocycles. The standard InChI is InChI=1S/C12H18N2O4/c1-9-4-11(18-13-9)5-12(16)14-2-3-17-8-10(6-14)7-15/h4,10,15H,2-3,5-8H2,1H3/t10-/m0/s1. The van der Waals surface area contributed by atoms with E-state index in [9.17, 15) is 4.79 Å². The van der Waals surface area contributed by atoms with E-state index in [4.69, 9.17) is 14.4 Å². The van der Waals surface area contributed by atoms with Crippen LogP contribution in [0.3, 0.4) is 0 Å². The van der Waals surface area contributed by atoms with Gasteiger partial charge in [-0.05, 0) is 6.92 Å². The molecule has 1 atom stereocenters. The normalized spacial score (nSPS) is 20.8. The number of hydrogen-bond donors (Lipinski definition) is 1. The molecule has 0 aromatic carbocycles. The Bertz CT molecular complexity index is 405. The van der Waals surface area contributed by atoms with Crippen LogP contribution in [0.25, 0.3) is 0 Å². The molecular formula is C12H18N2O4. The number of nitrogens with zero attached hydrogens (tertiary/aromatic N) is 2. The summed E-state index contributed by atoms with van der Waals surface area (Å²) in [4.78, 5) is 13.8. The van der Waals surface area contributed by atoms with Crippen LogP contribution in [0.2, 0.25) is 0 Å². The number of aliphatic hydroxyl groups is 1. The van der Waals surface area contributed by atoms with E-state index in [1.165, 1.54) is 0 Å². The molecule has 0 radical (unpaired) electrons. The van der Waals surface area contributed by atoms with E-state index in [2.05, 4.69) is 5.16 Å². The van der Waals surface area contributed by atoms with Crippen molar-refractivity contribution in [3.05, 3.63) is 17.5 Å². The van der Waals surface area contributed by atoms with Gasteiger partial charge < -0.3 is 19.3 Å². The van der Waals surface area contributed by atoms with Crippen LogP contribution in [0.15, 0.2) is 10.6 Å². The molecule has 2 heterocycles. The molecule has 2 rings (SSSR count). The number of aliphatic hydroxyl groups excluding tert-OH is 1. The van der Waals surface area contributed by atoms with Crippen molar-refractivity contribution in [2.45, 2.75) is 13.3 Å². The van der Waals surface area contributed by atoms with Crippen LogP contribution in [-0.4, -0.2) is 54.0 Å². The van der Waals surface area contributed by atoms with E-state index in [0.29, 0.717) is 32.1 Å². The summed E-state index contributed by atoms with van der Waals surface area (Å²) >= 11 is 0. The summed E-state index contributed by atoms with van der Waals surface area (Å²) in [7, 11) is 0. The van der Waals surface area contributed by atoms with Gasteiger partial charge >= 0.3 is 0 Å². The second-order valence-corrected chi connectivity index (χ2v) is 4.57. The quantitative estimate of drug-likeness (QED) is 0.821. The fourth-order valence-corrected chi connectivity index (χ4v) is 1.98. The van der Waals surface area contributed by atoms with Crippen molar-refractivity contribution >= 4 is 5.91 Å². The second kappa shape index (κ2) is 5.97. The highest BCUT2D eigenvalue weighted by Crippen LogP contribution is 2.10. The summed E-state index contributed by atoms with van der Waals surface area (Å²) in [6, 6.07) is 1.76. The molecule has 0 unspecified atom stereocenters. The lowest BCUT2D eigenvalue weighted by molar-refractivity contribution is -0.131. The summed E-state index contributed by atoms with van der Waals surface area (Å²) in [6.07, 6.45) is 0.207. The van der Waals surface area contributed by atoms with Gasteiger partial charge in [-0.1, -0.05) is 5.16 Å². The predicted molar refractivity (Wildman–Crippen MR) is 62.9 cm³/mol. The Labute approximate surface area is 106 Å². The Hall–Kier alpha value is -1.40. The van der Waals surface area contributed by atoms with Crippen molar-refractivity contribution in [2.75, 3.05) is 32.9 Å². The maximum Gasteiger partial charge on any atom is 0.230 e. The molecule has 6 heteroatoms. The second-order valence-electron chi connectivity index (χ2n) is 4.57. The Morgan fingerprint density at radius 3 is 3.17 bits per heavy atom. The average molecular weight is 254 g/mol. The number of ether oxygens (including phenoxy) is 1. The number of aryl methyl sites for hydroxylation is 1. The molecule has 100 valence electrons. The van der Waals surface area contributed by atoms with Gasteiger partial charge in [-0.3, -0.25) is 4.79 Å². The van der Waals surface area contributed by atoms with Gasteiger partial charge in [0.2, 0.25) is 5.91 Å². The topological polar surface area (TPSA) is 75.8 Å². The predicted octanol–water partition coefficient (Wildman–Crippen LogP) is -0.00718. The highest BCUT2D eigenvalue weighted by Gasteiger charge is 2.22. The number of aromatic nitrogens is 1. The SMILES string of the molecule is Cc1cc(CC(=O)N2CCOC[C@H](CO)C2)on1. The maximum absolute atomic E-state index is 12.1. The van der Waals surface area contributed by atoms with Crippen molar-refractivity contribution in [3.63, 3.8) is 0 Å². The number of rotatable bonds is 3. The number of carbonyl (C=O) groups is 1. The third kappa shape index (κ3) is 3.30. The zero-order chi connectivity index (χ0) is 13.0. The first-order valence-electron chi connectivity index (χ1n) is 6.07. The first kappa shape index (κ1) is 13.0. The van der Waals surface area contributed by atoms with Crippen LogP contribution in [0.1, 0.15) is 11.5 Å². The Morgan fingerprint density at radius 1 is 1.67 bits per heavy atom. The van der Waals surface area contributed by atoms with Crippen LogP contribution in [0, 0.1) is 12.8 Å². The third-order valence-electron chi connectivity index (χ3n) is 2.95. The Morgan fingerprint density at radius 2 is 2.50 bits per heavy atom. The molecule has 6 nitrogen and oxygen atoms in total. The average Bonchev–Trinajstić information content (AvgIpc) is 2.65. The number of hydrogen-bond acceptors (Lipinski definition) is 5. The van der Waals surface area contributed by atoms with Crippen LogP contribution < -0.4 is 0 Å². The minimum absolute atomic E-state index is 0.00656. The molecule has 1 amide bonds. The Balaban J connectivity index is 1.94. The molecule has 1 aliphatic heterocycles. The smallest absolute Gasteiger partial charge is 0.230 e. The number of amides is 1.